The van der Waals surface area contributed by atoms with Gasteiger partial charge in [-0.05, 0) is 81.8 Å². The summed E-state index contributed by atoms with van der Waals surface area (Å²) in [5.74, 6) is -0.542. The van der Waals surface area contributed by atoms with E-state index in [2.05, 4.69) is 13.0 Å². The molecule has 2 heterocycles. The number of aromatic nitrogens is 1. The molecule has 1 aromatic heterocycles. The van der Waals surface area contributed by atoms with E-state index < -0.39 is 17.5 Å². The second-order valence-corrected chi connectivity index (χ2v) is 11.4. The van der Waals surface area contributed by atoms with Crippen LogP contribution >= 0.6 is 11.3 Å². The normalized spacial score (nSPS) is 15.8. The second-order valence-electron chi connectivity index (χ2n) is 10.4. The van der Waals surface area contributed by atoms with E-state index in [4.69, 9.17) is 9.72 Å². The van der Waals surface area contributed by atoms with Gasteiger partial charge in [-0.3, -0.25) is 14.4 Å². The molecule has 3 amide bonds. The molecule has 8 heteroatoms. The van der Waals surface area contributed by atoms with Crippen LogP contribution in [0.4, 0.5) is 5.69 Å². The molecule has 194 valence electrons. The highest BCUT2D eigenvalue weighted by atomic mass is 32.1. The van der Waals surface area contributed by atoms with Crippen molar-refractivity contribution in [3.63, 3.8) is 0 Å². The Morgan fingerprint density at radius 3 is 2.45 bits per heavy atom. The minimum Gasteiger partial charge on any atom is -0.484 e. The molecule has 0 bridgehead atoms. The molecule has 1 atom stereocenters. The van der Waals surface area contributed by atoms with Crippen molar-refractivity contribution in [1.82, 2.24) is 9.88 Å². The van der Waals surface area contributed by atoms with Crippen molar-refractivity contribution < 1.29 is 19.1 Å². The molecule has 1 saturated heterocycles. The highest BCUT2D eigenvalue weighted by Gasteiger charge is 2.47. The summed E-state index contributed by atoms with van der Waals surface area (Å²) < 4.78 is 6.77. The van der Waals surface area contributed by atoms with E-state index in [-0.39, 0.29) is 24.8 Å². The summed E-state index contributed by atoms with van der Waals surface area (Å²) in [5, 5.41) is 0.872. The quantitative estimate of drug-likeness (QED) is 0.305. The number of ether oxygens (including phenoxy) is 1. The Hall–Kier alpha value is -4.04. The number of fused-ring (bicyclic) bond motifs is 1. The van der Waals surface area contributed by atoms with E-state index in [1.54, 1.807) is 35.6 Å². The van der Waals surface area contributed by atoms with Crippen molar-refractivity contribution in [3.05, 3.63) is 78.4 Å². The Bertz CT molecular complexity index is 1510. The van der Waals surface area contributed by atoms with Gasteiger partial charge in [0.2, 0.25) is 5.91 Å². The number of rotatable bonds is 6. The number of hydrogen-bond donors (Lipinski definition) is 0. The second kappa shape index (κ2) is 10.0. The van der Waals surface area contributed by atoms with Crippen molar-refractivity contribution in [2.24, 2.45) is 0 Å². The van der Waals surface area contributed by atoms with Crippen LogP contribution in [0.5, 0.6) is 5.75 Å². The van der Waals surface area contributed by atoms with Gasteiger partial charge in [-0.15, -0.1) is 11.3 Å². The summed E-state index contributed by atoms with van der Waals surface area (Å²) in [7, 11) is 0. The van der Waals surface area contributed by atoms with E-state index in [1.807, 2.05) is 63.2 Å². The van der Waals surface area contributed by atoms with Crippen molar-refractivity contribution in [1.29, 1.82) is 0 Å². The van der Waals surface area contributed by atoms with Gasteiger partial charge in [0.25, 0.3) is 11.8 Å². The molecule has 7 nitrogen and oxygen atoms in total. The van der Waals surface area contributed by atoms with E-state index >= 15 is 0 Å². The van der Waals surface area contributed by atoms with Gasteiger partial charge in [0.1, 0.15) is 16.8 Å². The van der Waals surface area contributed by atoms with Gasteiger partial charge in [-0.2, -0.15) is 0 Å². The van der Waals surface area contributed by atoms with Crippen LogP contribution in [-0.2, 0) is 14.4 Å². The number of nitrogens with zero attached hydrogens (tertiary/aromatic N) is 3. The third-order valence-corrected chi connectivity index (χ3v) is 7.52. The third-order valence-electron chi connectivity index (χ3n) is 6.45. The molecule has 38 heavy (non-hydrogen) atoms. The van der Waals surface area contributed by atoms with Crippen LogP contribution in [0.15, 0.2) is 72.8 Å². The predicted molar refractivity (Wildman–Crippen MR) is 149 cm³/mol. The fraction of sp³-hybridized carbons (Fsp3) is 0.267. The number of benzene rings is 3. The zero-order valence-corrected chi connectivity index (χ0v) is 22.6. The maximum absolute atomic E-state index is 13.5. The molecule has 0 spiro atoms. The maximum atomic E-state index is 13.5. The monoisotopic (exact) mass is 527 g/mol. The van der Waals surface area contributed by atoms with Gasteiger partial charge < -0.3 is 9.64 Å². The van der Waals surface area contributed by atoms with Crippen LogP contribution < -0.4 is 9.64 Å². The summed E-state index contributed by atoms with van der Waals surface area (Å²) >= 11 is 1.60. The van der Waals surface area contributed by atoms with Crippen LogP contribution in [0.25, 0.3) is 20.8 Å². The lowest BCUT2D eigenvalue weighted by Crippen LogP contribution is -2.55. The first kappa shape index (κ1) is 25.6. The smallest absolute Gasteiger partial charge is 0.261 e. The topological polar surface area (TPSA) is 79.8 Å². The first-order chi connectivity index (χ1) is 18.1. The van der Waals surface area contributed by atoms with Crippen LogP contribution in [0.3, 0.4) is 0 Å². The minimum absolute atomic E-state index is 0.0772. The average molecular weight is 528 g/mol. The molecular formula is C30H29N3O4S. The molecule has 0 aliphatic carbocycles. The maximum Gasteiger partial charge on any atom is 0.261 e. The number of hydrogen-bond acceptors (Lipinski definition) is 6. The van der Waals surface area contributed by atoms with Gasteiger partial charge >= 0.3 is 0 Å². The molecule has 0 saturated carbocycles. The summed E-state index contributed by atoms with van der Waals surface area (Å²) in [6.07, 6.45) is -0.0772. The minimum atomic E-state index is -0.901. The molecule has 1 fully saturated rings. The third kappa shape index (κ3) is 5.04. The molecule has 4 aromatic rings. The lowest BCUT2D eigenvalue weighted by molar-refractivity contribution is -0.145. The summed E-state index contributed by atoms with van der Waals surface area (Å²) in [5.41, 5.74) is 2.81. The summed E-state index contributed by atoms with van der Waals surface area (Å²) in [6, 6.07) is 21.5. The average Bonchev–Trinajstić information content (AvgIpc) is 3.42. The van der Waals surface area contributed by atoms with E-state index in [0.717, 1.165) is 20.8 Å². The van der Waals surface area contributed by atoms with Gasteiger partial charge in [0.05, 0.1) is 22.3 Å². The number of aryl methyl sites for hydroxylation is 1. The van der Waals surface area contributed by atoms with E-state index in [9.17, 15) is 14.4 Å². The first-order valence-corrected chi connectivity index (χ1v) is 13.3. The number of para-hydroxylation sites is 1. The van der Waals surface area contributed by atoms with Gasteiger partial charge in [0, 0.05) is 11.1 Å². The Morgan fingerprint density at radius 1 is 1.05 bits per heavy atom. The van der Waals surface area contributed by atoms with E-state index in [1.165, 1.54) is 15.4 Å². The van der Waals surface area contributed by atoms with Crippen molar-refractivity contribution in [3.8, 4) is 16.3 Å². The highest BCUT2D eigenvalue weighted by molar-refractivity contribution is 7.21. The van der Waals surface area contributed by atoms with Crippen molar-refractivity contribution in [2.75, 3.05) is 11.5 Å². The van der Waals surface area contributed by atoms with Crippen molar-refractivity contribution in [2.45, 2.75) is 45.7 Å². The Kier molecular flexibility index (Phi) is 6.75. The molecule has 1 aliphatic rings. The molecule has 0 radical (unpaired) electrons. The van der Waals surface area contributed by atoms with Gasteiger partial charge in [-0.1, -0.05) is 24.3 Å². The molecule has 0 N–H and O–H groups in total. The number of anilines is 1. The Labute approximate surface area is 225 Å². The van der Waals surface area contributed by atoms with E-state index in [0.29, 0.717) is 11.4 Å². The largest absolute Gasteiger partial charge is 0.484 e. The lowest BCUT2D eigenvalue weighted by Gasteiger charge is -2.39. The number of carbonyl (C=O) groups is 3. The van der Waals surface area contributed by atoms with Crippen LogP contribution in [-0.4, -0.2) is 45.8 Å². The summed E-state index contributed by atoms with van der Waals surface area (Å²) in [4.78, 5) is 47.2. The molecule has 1 aliphatic heterocycles. The molecule has 1 unspecified atom stereocenters. The van der Waals surface area contributed by atoms with Crippen molar-refractivity contribution >= 4 is 45.0 Å². The predicted octanol–water partition coefficient (Wildman–Crippen LogP) is 5.61. The van der Waals surface area contributed by atoms with Crippen LogP contribution in [0.2, 0.25) is 0 Å². The highest BCUT2D eigenvalue weighted by Crippen LogP contribution is 2.34. The Morgan fingerprint density at radius 2 is 1.76 bits per heavy atom. The van der Waals surface area contributed by atoms with Crippen LogP contribution in [0, 0.1) is 6.92 Å². The summed E-state index contributed by atoms with van der Waals surface area (Å²) in [6.45, 7) is 7.37. The SMILES string of the molecule is Cc1ccc2nc(-c3ccc(N4C(=O)CC(N(C(=O)COc5ccccc5)C(C)(C)C)C4=O)cc3)sc2c1. The number of imide groups is 1. The Balaban J connectivity index is 1.35. The lowest BCUT2D eigenvalue weighted by atomic mass is 10.0. The standard InChI is InChI=1S/C30H29N3O4S/c1-19-10-15-23-25(16-19)38-28(31-23)20-11-13-21(14-12-20)32-26(34)17-24(29(32)36)33(30(2,3)4)27(35)18-37-22-8-6-5-7-9-22/h5-16,24H,17-18H2,1-4H3. The fourth-order valence-corrected chi connectivity index (χ4v) is 5.81. The number of amides is 3. The number of thiazole rings is 1. The zero-order chi connectivity index (χ0) is 27.0. The van der Waals surface area contributed by atoms with Gasteiger partial charge in [0.15, 0.2) is 6.61 Å². The molecule has 5 rings (SSSR count). The number of carbonyl (C=O) groups excluding carboxylic acids is 3. The zero-order valence-electron chi connectivity index (χ0n) is 21.8. The first-order valence-electron chi connectivity index (χ1n) is 12.5. The molecule has 3 aromatic carbocycles. The van der Waals surface area contributed by atoms with Gasteiger partial charge in [-0.25, -0.2) is 9.88 Å². The molecular weight excluding hydrogens is 498 g/mol. The van der Waals surface area contributed by atoms with Crippen LogP contribution in [0.1, 0.15) is 32.8 Å². The fourth-order valence-electron chi connectivity index (χ4n) is 4.74.